The van der Waals surface area contributed by atoms with Gasteiger partial charge in [0.1, 0.15) is 0 Å². The zero-order valence-electron chi connectivity index (χ0n) is 14.0. The molecule has 1 aromatic carbocycles. The molecule has 0 radical (unpaired) electrons. The van der Waals surface area contributed by atoms with Crippen LogP contribution in [0.25, 0.3) is 10.9 Å². The molecule has 0 spiro atoms. The largest absolute Gasteiger partial charge is 0.337 e. The highest BCUT2D eigenvalue weighted by Crippen LogP contribution is 2.27. The predicted molar refractivity (Wildman–Crippen MR) is 96.1 cm³/mol. The van der Waals surface area contributed by atoms with E-state index < -0.39 is 0 Å². The van der Waals surface area contributed by atoms with Crippen LogP contribution in [0.3, 0.4) is 0 Å². The first-order valence-corrected chi connectivity index (χ1v) is 7.89. The summed E-state index contributed by atoms with van der Waals surface area (Å²) in [6.07, 6.45) is 1.68. The minimum absolute atomic E-state index is 0.00946. The molecule has 6 heteroatoms. The molecule has 0 saturated heterocycles. The van der Waals surface area contributed by atoms with Crippen molar-refractivity contribution in [1.29, 1.82) is 0 Å². The number of halogens is 1. The smallest absolute Gasteiger partial charge is 0.319 e. The lowest BCUT2D eigenvalue weighted by Gasteiger charge is -2.28. The molecule has 0 unspecified atom stereocenters. The van der Waals surface area contributed by atoms with Crippen molar-refractivity contribution in [2.45, 2.75) is 13.8 Å². The van der Waals surface area contributed by atoms with Gasteiger partial charge in [-0.2, -0.15) is 0 Å². The number of hydrogen-bond donors (Lipinski definition) is 2. The maximum atomic E-state index is 12.2. The van der Waals surface area contributed by atoms with Gasteiger partial charge in [-0.05, 0) is 43.8 Å². The molecule has 5 nitrogen and oxygen atoms in total. The summed E-state index contributed by atoms with van der Waals surface area (Å²) < 4.78 is 0. The summed E-state index contributed by atoms with van der Waals surface area (Å²) in [4.78, 5) is 18.6. The molecule has 0 aliphatic heterocycles. The number of anilines is 1. The van der Waals surface area contributed by atoms with Gasteiger partial charge in [0.25, 0.3) is 0 Å². The van der Waals surface area contributed by atoms with Gasteiger partial charge in [-0.1, -0.05) is 25.4 Å². The second-order valence-corrected chi connectivity index (χ2v) is 7.11. The van der Waals surface area contributed by atoms with Crippen LogP contribution in [0.4, 0.5) is 10.5 Å². The number of pyridine rings is 1. The van der Waals surface area contributed by atoms with E-state index in [0.717, 1.165) is 11.9 Å². The van der Waals surface area contributed by atoms with Gasteiger partial charge in [0, 0.05) is 24.7 Å². The number of carbonyl (C=O) groups excluding carboxylic acids is 1. The monoisotopic (exact) mass is 334 g/mol. The minimum atomic E-state index is -0.232. The van der Waals surface area contributed by atoms with Crippen LogP contribution >= 0.6 is 11.6 Å². The predicted octanol–water partition coefficient (Wildman–Crippen LogP) is 3.60. The third-order valence-corrected chi connectivity index (χ3v) is 3.75. The SMILES string of the molecule is CN(C)CC(C)(C)CNC(=O)Nc1ccc(Cl)c2ncccc12. The first kappa shape index (κ1) is 17.5. The molecule has 0 aliphatic rings. The van der Waals surface area contributed by atoms with Crippen molar-refractivity contribution in [2.24, 2.45) is 5.41 Å². The molecule has 2 rings (SSSR count). The van der Waals surface area contributed by atoms with E-state index in [0.29, 0.717) is 22.8 Å². The van der Waals surface area contributed by atoms with E-state index in [9.17, 15) is 4.79 Å². The Morgan fingerprint density at radius 2 is 2.04 bits per heavy atom. The number of nitrogens with one attached hydrogen (secondary N) is 2. The Hall–Kier alpha value is -1.85. The van der Waals surface area contributed by atoms with Gasteiger partial charge in [-0.3, -0.25) is 4.98 Å². The average Bonchev–Trinajstić information content (AvgIpc) is 2.47. The highest BCUT2D eigenvalue weighted by molar-refractivity contribution is 6.35. The second-order valence-electron chi connectivity index (χ2n) is 6.70. The summed E-state index contributed by atoms with van der Waals surface area (Å²) in [6, 6.07) is 7.01. The van der Waals surface area contributed by atoms with E-state index in [4.69, 9.17) is 11.6 Å². The Bertz CT molecular complexity index is 700. The normalized spacial score (nSPS) is 11.7. The molecule has 0 aliphatic carbocycles. The van der Waals surface area contributed by atoms with Gasteiger partial charge in [0.15, 0.2) is 0 Å². The molecule has 1 heterocycles. The molecule has 2 aromatic rings. The van der Waals surface area contributed by atoms with Gasteiger partial charge in [0.05, 0.1) is 16.2 Å². The van der Waals surface area contributed by atoms with Crippen LogP contribution in [0, 0.1) is 5.41 Å². The number of amides is 2. The number of hydrogen-bond acceptors (Lipinski definition) is 3. The van der Waals surface area contributed by atoms with E-state index in [1.165, 1.54) is 0 Å². The van der Waals surface area contributed by atoms with Crippen molar-refractivity contribution in [2.75, 3.05) is 32.5 Å². The zero-order valence-corrected chi connectivity index (χ0v) is 14.7. The Labute approximate surface area is 142 Å². The third-order valence-electron chi connectivity index (χ3n) is 3.44. The molecular formula is C17H23ClN4O. The summed E-state index contributed by atoms with van der Waals surface area (Å²) in [5.41, 5.74) is 1.37. The fourth-order valence-corrected chi connectivity index (χ4v) is 2.86. The lowest BCUT2D eigenvalue weighted by Crippen LogP contribution is -2.41. The fourth-order valence-electron chi connectivity index (χ4n) is 2.65. The standard InChI is InChI=1S/C17H23ClN4O/c1-17(2,11-22(3)4)10-20-16(23)21-14-8-7-13(18)15-12(14)6-5-9-19-15/h5-9H,10-11H2,1-4H3,(H2,20,21,23). The van der Waals surface area contributed by atoms with Crippen LogP contribution in [0.2, 0.25) is 5.02 Å². The number of aromatic nitrogens is 1. The van der Waals surface area contributed by atoms with Crippen molar-refractivity contribution in [3.05, 3.63) is 35.5 Å². The molecule has 124 valence electrons. The maximum absolute atomic E-state index is 12.2. The quantitative estimate of drug-likeness (QED) is 0.878. The van der Waals surface area contributed by atoms with E-state index in [1.54, 1.807) is 18.3 Å². The number of carbonyl (C=O) groups is 1. The van der Waals surface area contributed by atoms with Crippen LogP contribution < -0.4 is 10.6 Å². The van der Waals surface area contributed by atoms with Gasteiger partial charge < -0.3 is 15.5 Å². The molecule has 0 saturated carbocycles. The van der Waals surface area contributed by atoms with Crippen LogP contribution in [-0.4, -0.2) is 43.1 Å². The van der Waals surface area contributed by atoms with Crippen molar-refractivity contribution in [3.63, 3.8) is 0 Å². The lowest BCUT2D eigenvalue weighted by molar-refractivity contribution is 0.222. The maximum Gasteiger partial charge on any atom is 0.319 e. The fraction of sp³-hybridized carbons (Fsp3) is 0.412. The van der Waals surface area contributed by atoms with E-state index in [-0.39, 0.29) is 11.4 Å². The average molecular weight is 335 g/mol. The van der Waals surface area contributed by atoms with Crippen LogP contribution in [0.15, 0.2) is 30.5 Å². The topological polar surface area (TPSA) is 57.3 Å². The van der Waals surface area contributed by atoms with Gasteiger partial charge in [-0.15, -0.1) is 0 Å². The van der Waals surface area contributed by atoms with Crippen LogP contribution in [0.1, 0.15) is 13.8 Å². The molecule has 0 atom stereocenters. The van der Waals surface area contributed by atoms with Gasteiger partial charge in [-0.25, -0.2) is 4.79 Å². The summed E-state index contributed by atoms with van der Waals surface area (Å²) in [6.45, 7) is 5.71. The highest BCUT2D eigenvalue weighted by Gasteiger charge is 2.20. The second kappa shape index (κ2) is 7.15. The molecule has 0 bridgehead atoms. The molecule has 23 heavy (non-hydrogen) atoms. The number of fused-ring (bicyclic) bond motifs is 1. The number of rotatable bonds is 5. The molecule has 0 fully saturated rings. The third kappa shape index (κ3) is 4.81. The Balaban J connectivity index is 2.05. The van der Waals surface area contributed by atoms with Crippen molar-refractivity contribution in [1.82, 2.24) is 15.2 Å². The van der Waals surface area contributed by atoms with E-state index in [1.807, 2.05) is 26.2 Å². The number of urea groups is 1. The Kier molecular flexibility index (Phi) is 5.44. The zero-order chi connectivity index (χ0) is 17.0. The Morgan fingerprint density at radius 1 is 1.30 bits per heavy atom. The number of nitrogens with zero attached hydrogens (tertiary/aromatic N) is 2. The Morgan fingerprint density at radius 3 is 2.74 bits per heavy atom. The lowest BCUT2D eigenvalue weighted by atomic mass is 9.93. The van der Waals surface area contributed by atoms with Crippen LogP contribution in [0.5, 0.6) is 0 Å². The van der Waals surface area contributed by atoms with Gasteiger partial charge in [0.2, 0.25) is 0 Å². The van der Waals surface area contributed by atoms with E-state index >= 15 is 0 Å². The van der Waals surface area contributed by atoms with Crippen molar-refractivity contribution >= 4 is 34.2 Å². The van der Waals surface area contributed by atoms with E-state index in [2.05, 4.69) is 34.4 Å². The summed E-state index contributed by atoms with van der Waals surface area (Å²) in [5, 5.41) is 7.19. The van der Waals surface area contributed by atoms with Crippen molar-refractivity contribution in [3.8, 4) is 0 Å². The highest BCUT2D eigenvalue weighted by atomic mass is 35.5. The van der Waals surface area contributed by atoms with Crippen LogP contribution in [-0.2, 0) is 0 Å². The van der Waals surface area contributed by atoms with Crippen molar-refractivity contribution < 1.29 is 4.79 Å². The molecule has 2 amide bonds. The summed E-state index contributed by atoms with van der Waals surface area (Å²) in [7, 11) is 4.04. The van der Waals surface area contributed by atoms with Gasteiger partial charge >= 0.3 is 6.03 Å². The minimum Gasteiger partial charge on any atom is -0.337 e. The first-order valence-electron chi connectivity index (χ1n) is 7.51. The molecule has 2 N–H and O–H groups in total. The summed E-state index contributed by atoms with van der Waals surface area (Å²) >= 11 is 6.14. The summed E-state index contributed by atoms with van der Waals surface area (Å²) in [5.74, 6) is 0. The number of benzene rings is 1. The first-order chi connectivity index (χ1) is 10.8. The molecule has 1 aromatic heterocycles. The molecular weight excluding hydrogens is 312 g/mol.